The maximum atomic E-state index is 5.97. The lowest BCUT2D eigenvalue weighted by Gasteiger charge is -2.13. The molecule has 0 aliphatic carbocycles. The molecular weight excluding hydrogens is 364 g/mol. The minimum absolute atomic E-state index is 0.732. The van der Waals surface area contributed by atoms with Crippen molar-refractivity contribution in [2.45, 2.75) is 12.8 Å². The van der Waals surface area contributed by atoms with Crippen LogP contribution in [0, 0.1) is 0 Å². The van der Waals surface area contributed by atoms with Crippen LogP contribution in [0.15, 0.2) is 55.1 Å². The maximum Gasteiger partial charge on any atom is 0.120 e. The highest BCUT2D eigenvalue weighted by atomic mass is 35.5. The van der Waals surface area contributed by atoms with Crippen LogP contribution in [0.25, 0.3) is 21.3 Å². The molecule has 0 saturated heterocycles. The number of hydrogen-bond acceptors (Lipinski definition) is 4. The van der Waals surface area contributed by atoms with E-state index in [9.17, 15) is 0 Å². The Hall–Kier alpha value is -1.88. The summed E-state index contributed by atoms with van der Waals surface area (Å²) in [6.45, 7) is 6.48. The van der Waals surface area contributed by atoms with Gasteiger partial charge in [-0.25, -0.2) is 0 Å². The summed E-state index contributed by atoms with van der Waals surface area (Å²) in [6, 6.07) is 14.0. The molecule has 0 amide bonds. The molecule has 0 N–H and O–H groups in total. The Morgan fingerprint density at radius 2 is 2.00 bits per heavy atom. The molecule has 0 bridgehead atoms. The number of benzene rings is 2. The minimum Gasteiger partial charge on any atom is -0.494 e. The Balaban J connectivity index is 1.58. The normalized spacial score (nSPS) is 11.2. The van der Waals surface area contributed by atoms with E-state index in [1.54, 1.807) is 0 Å². The van der Waals surface area contributed by atoms with E-state index < -0.39 is 0 Å². The largest absolute Gasteiger partial charge is 0.494 e. The summed E-state index contributed by atoms with van der Waals surface area (Å²) in [7, 11) is 2.11. The zero-order chi connectivity index (χ0) is 18.4. The van der Waals surface area contributed by atoms with Gasteiger partial charge in [0.1, 0.15) is 5.75 Å². The second-order valence-electron chi connectivity index (χ2n) is 6.30. The molecule has 136 valence electrons. The van der Waals surface area contributed by atoms with Crippen molar-refractivity contribution in [3.05, 3.63) is 60.1 Å². The Morgan fingerprint density at radius 3 is 2.77 bits per heavy atom. The predicted molar refractivity (Wildman–Crippen MR) is 112 cm³/mol. The number of nitrogens with zero attached hydrogens (tertiary/aromatic N) is 2. The molecule has 26 heavy (non-hydrogen) atoms. The molecule has 3 rings (SSSR count). The van der Waals surface area contributed by atoms with Gasteiger partial charge >= 0.3 is 0 Å². The van der Waals surface area contributed by atoms with Crippen molar-refractivity contribution >= 4 is 33.2 Å². The molecule has 3 nitrogen and oxygen atoms in total. The van der Waals surface area contributed by atoms with Crippen LogP contribution in [0.5, 0.6) is 5.75 Å². The van der Waals surface area contributed by atoms with Gasteiger partial charge in [0, 0.05) is 22.5 Å². The van der Waals surface area contributed by atoms with E-state index in [0.717, 1.165) is 64.7 Å². The predicted octanol–water partition coefficient (Wildman–Crippen LogP) is 5.89. The van der Waals surface area contributed by atoms with Crippen LogP contribution in [-0.4, -0.2) is 36.0 Å². The van der Waals surface area contributed by atoms with Gasteiger partial charge in [-0.05, 0) is 68.3 Å². The van der Waals surface area contributed by atoms with Crippen LogP contribution in [0.2, 0.25) is 5.02 Å². The fourth-order valence-electron chi connectivity index (χ4n) is 2.81. The molecule has 0 atom stereocenters. The summed E-state index contributed by atoms with van der Waals surface area (Å²) in [5.41, 5.74) is 2.08. The zero-order valence-corrected chi connectivity index (χ0v) is 16.5. The zero-order valence-electron chi connectivity index (χ0n) is 15.0. The first-order valence-electron chi connectivity index (χ1n) is 8.75. The van der Waals surface area contributed by atoms with Crippen LogP contribution in [0.3, 0.4) is 0 Å². The molecule has 1 heterocycles. The molecule has 3 aromatic rings. The monoisotopic (exact) mass is 386 g/mol. The first-order chi connectivity index (χ1) is 12.7. The summed E-state index contributed by atoms with van der Waals surface area (Å²) in [4.78, 5) is 2.26. The third kappa shape index (κ3) is 4.85. The van der Waals surface area contributed by atoms with Gasteiger partial charge in [0.05, 0.1) is 17.0 Å². The van der Waals surface area contributed by atoms with E-state index in [1.165, 1.54) is 11.5 Å². The molecule has 0 spiro atoms. The van der Waals surface area contributed by atoms with Gasteiger partial charge < -0.3 is 9.64 Å². The highest BCUT2D eigenvalue weighted by molar-refractivity contribution is 7.13. The van der Waals surface area contributed by atoms with Crippen molar-refractivity contribution in [2.24, 2.45) is 0 Å². The molecule has 0 aliphatic rings. The molecule has 0 saturated carbocycles. The number of hydrogen-bond donors (Lipinski definition) is 0. The molecular formula is C21H23ClN2OS. The van der Waals surface area contributed by atoms with Crippen molar-refractivity contribution in [1.82, 2.24) is 9.27 Å². The van der Waals surface area contributed by atoms with Crippen LogP contribution in [-0.2, 0) is 0 Å². The van der Waals surface area contributed by atoms with Gasteiger partial charge in [-0.2, -0.15) is 4.37 Å². The lowest BCUT2D eigenvalue weighted by molar-refractivity contribution is 0.288. The quantitative estimate of drug-likeness (QED) is 0.338. The van der Waals surface area contributed by atoms with Crippen LogP contribution in [0.1, 0.15) is 12.8 Å². The van der Waals surface area contributed by atoms with Gasteiger partial charge in [-0.15, -0.1) is 6.58 Å². The fraction of sp³-hybridized carbons (Fsp3) is 0.286. The number of fused-ring (bicyclic) bond motifs is 1. The second kappa shape index (κ2) is 9.17. The smallest absolute Gasteiger partial charge is 0.120 e. The van der Waals surface area contributed by atoms with E-state index in [1.807, 2.05) is 36.4 Å². The lowest BCUT2D eigenvalue weighted by atomic mass is 10.1. The van der Waals surface area contributed by atoms with E-state index in [4.69, 9.17) is 16.3 Å². The Morgan fingerprint density at radius 1 is 1.19 bits per heavy atom. The summed E-state index contributed by atoms with van der Waals surface area (Å²) in [6.07, 6.45) is 4.09. The van der Waals surface area contributed by atoms with Crippen molar-refractivity contribution in [3.8, 4) is 17.0 Å². The molecule has 0 unspecified atom stereocenters. The average Bonchev–Trinajstić information content (AvgIpc) is 3.05. The number of halogens is 1. The van der Waals surface area contributed by atoms with Gasteiger partial charge in [0.25, 0.3) is 0 Å². The number of aromatic nitrogens is 1. The van der Waals surface area contributed by atoms with Crippen molar-refractivity contribution in [1.29, 1.82) is 0 Å². The Bertz CT molecular complexity index is 860. The number of ether oxygens (including phenoxy) is 1. The molecule has 5 heteroatoms. The van der Waals surface area contributed by atoms with Crippen molar-refractivity contribution in [2.75, 3.05) is 26.7 Å². The average molecular weight is 387 g/mol. The molecule has 1 aromatic heterocycles. The molecule has 2 aromatic carbocycles. The van der Waals surface area contributed by atoms with Crippen molar-refractivity contribution in [3.63, 3.8) is 0 Å². The Labute approximate surface area is 164 Å². The first-order valence-corrected chi connectivity index (χ1v) is 9.90. The molecule has 0 fully saturated rings. The van der Waals surface area contributed by atoms with Crippen LogP contribution in [0.4, 0.5) is 0 Å². The Kier molecular flexibility index (Phi) is 6.67. The highest BCUT2D eigenvalue weighted by Crippen LogP contribution is 2.33. The summed E-state index contributed by atoms with van der Waals surface area (Å²) < 4.78 is 11.7. The molecule has 0 aliphatic heterocycles. The standard InChI is InChI=1S/C21H23ClN2OS/c1-3-12-24(2)13-4-5-14-25-18-10-11-19-20(15-18)26-23-21(19)16-6-8-17(22)9-7-16/h3,6-11,15H,1,4-5,12-14H2,2H3. The number of unbranched alkanes of at least 4 members (excludes halogenated alkanes) is 1. The summed E-state index contributed by atoms with van der Waals surface area (Å²) in [5, 5.41) is 1.88. The van der Waals surface area contributed by atoms with Crippen LogP contribution >= 0.6 is 23.1 Å². The fourth-order valence-corrected chi connectivity index (χ4v) is 3.76. The van der Waals surface area contributed by atoms with E-state index in [2.05, 4.69) is 35.0 Å². The summed E-state index contributed by atoms with van der Waals surface area (Å²) >= 11 is 7.48. The van der Waals surface area contributed by atoms with Gasteiger partial charge in [0.2, 0.25) is 0 Å². The lowest BCUT2D eigenvalue weighted by Crippen LogP contribution is -2.19. The van der Waals surface area contributed by atoms with Gasteiger partial charge in [0.15, 0.2) is 0 Å². The van der Waals surface area contributed by atoms with Gasteiger partial charge in [-0.1, -0.05) is 29.8 Å². The maximum absolute atomic E-state index is 5.97. The first kappa shape index (κ1) is 18.9. The van der Waals surface area contributed by atoms with E-state index >= 15 is 0 Å². The second-order valence-corrected chi connectivity index (χ2v) is 7.54. The SMILES string of the molecule is C=CCN(C)CCCCOc1ccc2c(-c3ccc(Cl)cc3)nsc2c1. The van der Waals surface area contributed by atoms with E-state index in [-0.39, 0.29) is 0 Å². The van der Waals surface area contributed by atoms with Crippen molar-refractivity contribution < 1.29 is 4.74 Å². The number of likely N-dealkylation sites (N-methyl/N-ethyl adjacent to an activating group) is 1. The summed E-state index contributed by atoms with van der Waals surface area (Å²) in [5.74, 6) is 0.906. The third-order valence-electron chi connectivity index (χ3n) is 4.20. The third-order valence-corrected chi connectivity index (χ3v) is 5.27. The highest BCUT2D eigenvalue weighted by Gasteiger charge is 2.09. The van der Waals surface area contributed by atoms with E-state index in [0.29, 0.717) is 0 Å². The topological polar surface area (TPSA) is 25.4 Å². The minimum atomic E-state index is 0.732. The van der Waals surface area contributed by atoms with Gasteiger partial charge in [-0.3, -0.25) is 0 Å². The molecule has 0 radical (unpaired) electrons. The number of rotatable bonds is 9. The van der Waals surface area contributed by atoms with Crippen LogP contribution < -0.4 is 4.74 Å².